The second-order valence-corrected chi connectivity index (χ2v) is 7.06. The highest BCUT2D eigenvalue weighted by Crippen LogP contribution is 2.31. The molecule has 1 fully saturated rings. The molecule has 0 aromatic rings. The summed E-state index contributed by atoms with van der Waals surface area (Å²) >= 11 is 0. The smallest absolute Gasteiger partial charge is 0.150 e. The quantitative estimate of drug-likeness (QED) is 0.734. The molecule has 15 heavy (non-hydrogen) atoms. The van der Waals surface area contributed by atoms with E-state index in [1.54, 1.807) is 0 Å². The van der Waals surface area contributed by atoms with Crippen molar-refractivity contribution >= 4 is 9.84 Å². The van der Waals surface area contributed by atoms with Gasteiger partial charge >= 0.3 is 0 Å². The van der Waals surface area contributed by atoms with Crippen LogP contribution in [0.1, 0.15) is 38.5 Å². The molecule has 0 aliphatic heterocycles. The largest absolute Gasteiger partial charge is 0.320 e. The minimum Gasteiger partial charge on any atom is -0.320 e. The van der Waals surface area contributed by atoms with Crippen LogP contribution >= 0.6 is 0 Å². The lowest BCUT2D eigenvalue weighted by atomic mass is 9.86. The van der Waals surface area contributed by atoms with Crippen molar-refractivity contribution in [1.82, 2.24) is 5.32 Å². The van der Waals surface area contributed by atoms with Crippen molar-refractivity contribution in [2.24, 2.45) is 5.92 Å². The van der Waals surface area contributed by atoms with E-state index >= 15 is 0 Å². The second-order valence-electron chi connectivity index (χ2n) is 4.73. The van der Waals surface area contributed by atoms with Crippen LogP contribution in [0.4, 0.5) is 0 Å². The fourth-order valence-electron chi connectivity index (χ4n) is 2.46. The Morgan fingerprint density at radius 2 is 2.07 bits per heavy atom. The normalized spacial score (nSPS) is 27.9. The van der Waals surface area contributed by atoms with Crippen molar-refractivity contribution in [3.05, 3.63) is 0 Å². The van der Waals surface area contributed by atoms with Gasteiger partial charge in [-0.25, -0.2) is 8.42 Å². The highest BCUT2D eigenvalue weighted by Gasteiger charge is 2.28. The molecule has 3 nitrogen and oxygen atoms in total. The van der Waals surface area contributed by atoms with Crippen LogP contribution in [0.25, 0.3) is 0 Å². The Labute approximate surface area is 93.6 Å². The van der Waals surface area contributed by atoms with Crippen molar-refractivity contribution in [2.75, 3.05) is 19.8 Å². The first kappa shape index (κ1) is 13.0. The van der Waals surface area contributed by atoms with Crippen LogP contribution in [0.2, 0.25) is 0 Å². The van der Waals surface area contributed by atoms with Gasteiger partial charge in [-0.3, -0.25) is 0 Å². The Morgan fingerprint density at radius 1 is 1.33 bits per heavy atom. The molecule has 0 aromatic carbocycles. The Balaban J connectivity index is 2.36. The monoisotopic (exact) mass is 233 g/mol. The highest BCUT2D eigenvalue weighted by atomic mass is 32.2. The van der Waals surface area contributed by atoms with E-state index in [0.717, 1.165) is 32.2 Å². The van der Waals surface area contributed by atoms with Gasteiger partial charge in [-0.15, -0.1) is 0 Å². The summed E-state index contributed by atoms with van der Waals surface area (Å²) in [4.78, 5) is 0. The van der Waals surface area contributed by atoms with Gasteiger partial charge in [0.1, 0.15) is 9.84 Å². The van der Waals surface area contributed by atoms with Gasteiger partial charge in [0.15, 0.2) is 0 Å². The molecule has 2 unspecified atom stereocenters. The van der Waals surface area contributed by atoms with Crippen molar-refractivity contribution in [3.63, 3.8) is 0 Å². The van der Waals surface area contributed by atoms with E-state index in [9.17, 15) is 8.42 Å². The van der Waals surface area contributed by atoms with E-state index in [1.807, 2.05) is 7.05 Å². The Hall–Kier alpha value is -0.0900. The first-order valence-electron chi connectivity index (χ1n) is 5.87. The minimum atomic E-state index is -2.81. The third-order valence-corrected chi connectivity index (χ3v) is 5.02. The summed E-state index contributed by atoms with van der Waals surface area (Å²) in [6.45, 7) is 1.04. The van der Waals surface area contributed by atoms with Crippen molar-refractivity contribution < 1.29 is 8.42 Å². The zero-order chi connectivity index (χ0) is 11.3. The van der Waals surface area contributed by atoms with Crippen LogP contribution in [0, 0.1) is 5.92 Å². The molecule has 1 rings (SSSR count). The lowest BCUT2D eigenvalue weighted by Crippen LogP contribution is -2.27. The highest BCUT2D eigenvalue weighted by molar-refractivity contribution is 7.91. The third-order valence-electron chi connectivity index (χ3n) is 3.38. The molecule has 1 saturated carbocycles. The van der Waals surface area contributed by atoms with E-state index in [1.165, 1.54) is 19.1 Å². The Bertz CT molecular complexity index is 274. The average Bonchev–Trinajstić information content (AvgIpc) is 2.17. The van der Waals surface area contributed by atoms with Crippen LogP contribution in [0.5, 0.6) is 0 Å². The molecule has 0 aromatic heterocycles. The van der Waals surface area contributed by atoms with Gasteiger partial charge in [0.05, 0.1) is 5.25 Å². The lowest BCUT2D eigenvalue weighted by Gasteiger charge is -2.27. The van der Waals surface area contributed by atoms with Gasteiger partial charge in [-0.2, -0.15) is 0 Å². The van der Waals surface area contributed by atoms with E-state index < -0.39 is 9.84 Å². The molecule has 1 N–H and O–H groups in total. The van der Waals surface area contributed by atoms with E-state index in [2.05, 4.69) is 5.32 Å². The summed E-state index contributed by atoms with van der Waals surface area (Å²) < 4.78 is 22.9. The first-order valence-corrected chi connectivity index (χ1v) is 7.83. The zero-order valence-electron chi connectivity index (χ0n) is 9.83. The summed E-state index contributed by atoms with van der Waals surface area (Å²) in [6.07, 6.45) is 7.79. The maximum absolute atomic E-state index is 11.4. The SMILES string of the molecule is CNCCCC1CCCC(S(C)(=O)=O)C1. The van der Waals surface area contributed by atoms with Crippen LogP contribution in [-0.2, 0) is 9.84 Å². The molecular weight excluding hydrogens is 210 g/mol. The van der Waals surface area contributed by atoms with Gasteiger partial charge in [-0.1, -0.05) is 12.8 Å². The molecule has 0 spiro atoms. The molecular formula is C11H23NO2S. The maximum Gasteiger partial charge on any atom is 0.150 e. The summed E-state index contributed by atoms with van der Waals surface area (Å²) in [7, 11) is -0.847. The number of nitrogens with one attached hydrogen (secondary N) is 1. The molecule has 0 amide bonds. The van der Waals surface area contributed by atoms with Crippen molar-refractivity contribution in [1.29, 1.82) is 0 Å². The van der Waals surface area contributed by atoms with Crippen molar-refractivity contribution in [2.45, 2.75) is 43.8 Å². The predicted molar refractivity (Wildman–Crippen MR) is 63.8 cm³/mol. The fraction of sp³-hybridized carbons (Fsp3) is 1.00. The molecule has 1 aliphatic rings. The zero-order valence-corrected chi connectivity index (χ0v) is 10.6. The van der Waals surface area contributed by atoms with Gasteiger partial charge in [0.2, 0.25) is 0 Å². The molecule has 1 aliphatic carbocycles. The topological polar surface area (TPSA) is 46.2 Å². The van der Waals surface area contributed by atoms with E-state index in [4.69, 9.17) is 0 Å². The number of hydrogen-bond acceptors (Lipinski definition) is 3. The molecule has 0 bridgehead atoms. The van der Waals surface area contributed by atoms with Crippen molar-refractivity contribution in [3.8, 4) is 0 Å². The summed E-state index contributed by atoms with van der Waals surface area (Å²) in [5, 5.41) is 3.07. The van der Waals surface area contributed by atoms with Gasteiger partial charge in [-0.05, 0) is 45.2 Å². The lowest BCUT2D eigenvalue weighted by molar-refractivity contribution is 0.331. The van der Waals surface area contributed by atoms with E-state index in [0.29, 0.717) is 5.92 Å². The second kappa shape index (κ2) is 5.85. The minimum absolute atomic E-state index is 0.0640. The van der Waals surface area contributed by atoms with Gasteiger partial charge in [0.25, 0.3) is 0 Å². The van der Waals surface area contributed by atoms with Gasteiger partial charge in [0, 0.05) is 6.26 Å². The number of hydrogen-bond donors (Lipinski definition) is 1. The Kier molecular flexibility index (Phi) is 5.06. The molecule has 4 heteroatoms. The summed E-state index contributed by atoms with van der Waals surface area (Å²) in [5.74, 6) is 0.631. The Morgan fingerprint density at radius 3 is 2.67 bits per heavy atom. The number of sulfone groups is 1. The van der Waals surface area contributed by atoms with Crippen LogP contribution in [0.3, 0.4) is 0 Å². The molecule has 2 atom stereocenters. The molecule has 0 saturated heterocycles. The first-order chi connectivity index (χ1) is 7.04. The standard InChI is InChI=1S/C11H23NO2S/c1-12-8-4-6-10-5-3-7-11(9-10)15(2,13)14/h10-12H,3-9H2,1-2H3. The summed E-state index contributed by atoms with van der Waals surface area (Å²) in [6, 6.07) is 0. The maximum atomic E-state index is 11.4. The van der Waals surface area contributed by atoms with Crippen LogP contribution in [0.15, 0.2) is 0 Å². The molecule has 0 heterocycles. The predicted octanol–water partition coefficient (Wildman–Crippen LogP) is 1.59. The number of rotatable bonds is 5. The molecule has 90 valence electrons. The fourth-order valence-corrected chi connectivity index (χ4v) is 3.68. The summed E-state index contributed by atoms with van der Waals surface area (Å²) in [5.41, 5.74) is 0. The third kappa shape index (κ3) is 4.51. The molecule has 0 radical (unpaired) electrons. The van der Waals surface area contributed by atoms with Crippen LogP contribution in [-0.4, -0.2) is 33.5 Å². The van der Waals surface area contributed by atoms with E-state index in [-0.39, 0.29) is 5.25 Å². The van der Waals surface area contributed by atoms with Gasteiger partial charge < -0.3 is 5.32 Å². The average molecular weight is 233 g/mol. The van der Waals surface area contributed by atoms with Crippen LogP contribution < -0.4 is 5.32 Å².